The summed E-state index contributed by atoms with van der Waals surface area (Å²) in [6.45, 7) is 2.06. The minimum atomic E-state index is -1.66. The predicted molar refractivity (Wildman–Crippen MR) is 164 cm³/mol. The van der Waals surface area contributed by atoms with E-state index in [0.29, 0.717) is 34.8 Å². The fraction of sp³-hybridized carbons (Fsp3) is 0.250. The zero-order valence-corrected chi connectivity index (χ0v) is 24.6. The summed E-state index contributed by atoms with van der Waals surface area (Å²) in [6, 6.07) is 29.9. The molecule has 1 N–H and O–H groups in total. The van der Waals surface area contributed by atoms with E-state index in [9.17, 15) is 9.90 Å². The monoisotopic (exact) mass is 564 g/mol. The Morgan fingerprint density at radius 3 is 1.50 bits per heavy atom. The number of hydrogen-bond acceptors (Lipinski definition) is 6. The lowest BCUT2D eigenvalue weighted by Gasteiger charge is -2.49. The van der Waals surface area contributed by atoms with Gasteiger partial charge in [-0.05, 0) is 95.4 Å². The van der Waals surface area contributed by atoms with Gasteiger partial charge in [-0.25, -0.2) is 0 Å². The quantitative estimate of drug-likeness (QED) is 0.224. The van der Waals surface area contributed by atoms with Crippen molar-refractivity contribution in [1.29, 1.82) is 0 Å². The smallest absolute Gasteiger partial charge is 0.170 e. The number of allylic oxidation sites excluding steroid dienone is 1. The largest absolute Gasteiger partial charge is 0.497 e. The van der Waals surface area contributed by atoms with Gasteiger partial charge < -0.3 is 24.1 Å². The van der Waals surface area contributed by atoms with Gasteiger partial charge >= 0.3 is 0 Å². The van der Waals surface area contributed by atoms with Crippen LogP contribution in [0.4, 0.5) is 0 Å². The topological polar surface area (TPSA) is 74.2 Å². The van der Waals surface area contributed by atoms with E-state index in [0.717, 1.165) is 22.4 Å². The van der Waals surface area contributed by atoms with Gasteiger partial charge in [0.15, 0.2) is 5.78 Å². The first kappa shape index (κ1) is 29.0. The summed E-state index contributed by atoms with van der Waals surface area (Å²) in [5, 5.41) is 12.9. The normalized spacial score (nSPS) is 21.7. The molecule has 3 atom stereocenters. The molecule has 4 aromatic rings. The summed E-state index contributed by atoms with van der Waals surface area (Å²) < 4.78 is 21.6. The lowest BCUT2D eigenvalue weighted by Crippen LogP contribution is -2.53. The van der Waals surface area contributed by atoms with E-state index in [1.165, 1.54) is 0 Å². The van der Waals surface area contributed by atoms with Gasteiger partial charge in [-0.1, -0.05) is 43.3 Å². The molecular formula is C36H36O6. The van der Waals surface area contributed by atoms with Gasteiger partial charge in [0.2, 0.25) is 0 Å². The van der Waals surface area contributed by atoms with Crippen molar-refractivity contribution >= 4 is 11.4 Å². The highest BCUT2D eigenvalue weighted by Gasteiger charge is 2.55. The summed E-state index contributed by atoms with van der Waals surface area (Å²) in [7, 11) is 6.45. The Balaban J connectivity index is 1.76. The Morgan fingerprint density at radius 2 is 1.05 bits per heavy atom. The number of ketones is 1. The van der Waals surface area contributed by atoms with Crippen LogP contribution in [0.15, 0.2) is 103 Å². The van der Waals surface area contributed by atoms with Crippen LogP contribution < -0.4 is 18.9 Å². The highest BCUT2D eigenvalue weighted by molar-refractivity contribution is 6.01. The zero-order chi connectivity index (χ0) is 29.9. The number of rotatable bonds is 9. The first-order chi connectivity index (χ1) is 20.2. The fourth-order valence-electron chi connectivity index (χ4n) is 6.13. The molecule has 0 bridgehead atoms. The molecule has 0 heterocycles. The molecule has 0 radical (unpaired) electrons. The van der Waals surface area contributed by atoms with Crippen LogP contribution in [0.25, 0.3) is 5.57 Å². The Kier molecular flexibility index (Phi) is 8.10. The Hall–Kier alpha value is -4.55. The molecule has 0 aromatic heterocycles. The minimum Gasteiger partial charge on any atom is -0.497 e. The Morgan fingerprint density at radius 1 is 0.643 bits per heavy atom. The first-order valence-corrected chi connectivity index (χ1v) is 13.8. The van der Waals surface area contributed by atoms with Crippen molar-refractivity contribution < 1.29 is 28.8 Å². The van der Waals surface area contributed by atoms with E-state index in [1.807, 2.05) is 78.9 Å². The molecule has 0 fully saturated rings. The number of methoxy groups -OCH3 is 4. The molecule has 6 nitrogen and oxygen atoms in total. The molecule has 0 amide bonds. The third-order valence-electron chi connectivity index (χ3n) is 8.43. The summed E-state index contributed by atoms with van der Waals surface area (Å²) in [6.07, 6.45) is 2.37. The number of aliphatic hydroxyl groups is 1. The van der Waals surface area contributed by atoms with Gasteiger partial charge in [-0.2, -0.15) is 0 Å². The summed E-state index contributed by atoms with van der Waals surface area (Å²) in [5.41, 5.74) is 1.40. The van der Waals surface area contributed by atoms with E-state index < -0.39 is 16.9 Å². The Labute approximate surface area is 247 Å². The molecule has 216 valence electrons. The summed E-state index contributed by atoms with van der Waals surface area (Å²) >= 11 is 0. The van der Waals surface area contributed by atoms with Crippen LogP contribution in [-0.2, 0) is 11.0 Å². The molecule has 0 saturated heterocycles. The van der Waals surface area contributed by atoms with Gasteiger partial charge in [0.05, 0.1) is 34.4 Å². The van der Waals surface area contributed by atoms with Crippen molar-refractivity contribution in [3.63, 3.8) is 0 Å². The van der Waals surface area contributed by atoms with Crippen molar-refractivity contribution in [2.45, 2.75) is 24.4 Å². The second-order valence-corrected chi connectivity index (χ2v) is 10.8. The Bertz CT molecular complexity index is 1560. The molecule has 4 aromatic carbocycles. The van der Waals surface area contributed by atoms with E-state index in [4.69, 9.17) is 18.9 Å². The number of carbonyl (C=O) groups excluding carboxylic acids is 1. The van der Waals surface area contributed by atoms with E-state index in [1.54, 1.807) is 52.7 Å². The number of hydrogen-bond donors (Lipinski definition) is 1. The standard InChI is InChI=1S/C36H36O6/c1-35(27-10-18-31(41-4)19-11-27)22-26(24-6-14-29(39-2)15-7-24)23-36(38,28-12-20-32(42-5)21-13-28)34(35)33(37)25-8-16-30(40-3)17-9-25/h6-21,23,34,38H,22H2,1-5H3/t34-,35+,36-/m1/s1. The van der Waals surface area contributed by atoms with Gasteiger partial charge in [-0.3, -0.25) is 4.79 Å². The molecular weight excluding hydrogens is 528 g/mol. The van der Waals surface area contributed by atoms with Crippen LogP contribution in [-0.4, -0.2) is 39.3 Å². The molecule has 6 heteroatoms. The van der Waals surface area contributed by atoms with Gasteiger partial charge in [0.1, 0.15) is 28.6 Å². The average molecular weight is 565 g/mol. The maximum Gasteiger partial charge on any atom is 0.170 e. The molecule has 1 aliphatic rings. The first-order valence-electron chi connectivity index (χ1n) is 13.8. The van der Waals surface area contributed by atoms with E-state index in [-0.39, 0.29) is 5.78 Å². The van der Waals surface area contributed by atoms with Crippen molar-refractivity contribution in [2.24, 2.45) is 5.92 Å². The number of benzene rings is 4. The van der Waals surface area contributed by atoms with Crippen LogP contribution in [0.2, 0.25) is 0 Å². The number of ether oxygens (including phenoxy) is 4. The second kappa shape index (κ2) is 11.7. The van der Waals surface area contributed by atoms with Crippen LogP contribution in [0.5, 0.6) is 23.0 Å². The highest BCUT2D eigenvalue weighted by Crippen LogP contribution is 2.55. The highest BCUT2D eigenvalue weighted by atomic mass is 16.5. The lowest BCUT2D eigenvalue weighted by molar-refractivity contribution is -0.00848. The molecule has 0 saturated carbocycles. The summed E-state index contributed by atoms with van der Waals surface area (Å²) in [5.74, 6) is 1.73. The molecule has 42 heavy (non-hydrogen) atoms. The van der Waals surface area contributed by atoms with Gasteiger partial charge in [-0.15, -0.1) is 0 Å². The number of carbonyl (C=O) groups is 1. The van der Waals surface area contributed by atoms with Crippen molar-refractivity contribution in [3.8, 4) is 23.0 Å². The van der Waals surface area contributed by atoms with Gasteiger partial charge in [0.25, 0.3) is 0 Å². The molecule has 0 spiro atoms. The maximum atomic E-state index is 14.7. The summed E-state index contributed by atoms with van der Waals surface area (Å²) in [4.78, 5) is 14.7. The SMILES string of the molecule is COc1ccc(C(=O)[C@H]2[C@](O)(c3ccc(OC)cc3)C=C(c3ccc(OC)cc3)C[C@@]2(C)c2ccc(OC)cc2)cc1. The lowest BCUT2D eigenvalue weighted by atomic mass is 9.54. The average Bonchev–Trinajstić information content (AvgIpc) is 3.04. The van der Waals surface area contributed by atoms with Crippen LogP contribution in [0, 0.1) is 5.92 Å². The maximum absolute atomic E-state index is 14.7. The van der Waals surface area contributed by atoms with E-state index >= 15 is 0 Å². The van der Waals surface area contributed by atoms with Crippen molar-refractivity contribution in [3.05, 3.63) is 125 Å². The van der Waals surface area contributed by atoms with Crippen LogP contribution in [0.1, 0.15) is 40.4 Å². The molecule has 1 aliphatic carbocycles. The van der Waals surface area contributed by atoms with Crippen LogP contribution >= 0.6 is 0 Å². The van der Waals surface area contributed by atoms with Crippen molar-refractivity contribution in [1.82, 2.24) is 0 Å². The molecule has 5 rings (SSSR count). The van der Waals surface area contributed by atoms with Crippen molar-refractivity contribution in [2.75, 3.05) is 28.4 Å². The fourth-order valence-corrected chi connectivity index (χ4v) is 6.13. The third-order valence-corrected chi connectivity index (χ3v) is 8.43. The number of Topliss-reactive ketones (excluding diaryl/α,β-unsaturated/α-hetero) is 1. The third kappa shape index (κ3) is 5.26. The molecule has 0 unspecified atom stereocenters. The van der Waals surface area contributed by atoms with Gasteiger partial charge in [0, 0.05) is 11.0 Å². The zero-order valence-electron chi connectivity index (χ0n) is 24.6. The second-order valence-electron chi connectivity index (χ2n) is 10.8. The minimum absolute atomic E-state index is 0.167. The van der Waals surface area contributed by atoms with E-state index in [2.05, 4.69) is 6.92 Å². The molecule has 0 aliphatic heterocycles. The predicted octanol–water partition coefficient (Wildman–Crippen LogP) is 6.85. The van der Waals surface area contributed by atoms with Crippen LogP contribution in [0.3, 0.4) is 0 Å².